The molecular formula is C25H25NO7. The first-order valence-corrected chi connectivity index (χ1v) is 10.7. The standard InChI is InChI=1S/C25H25NO7/c27-20-9-5-4-8-16(20)10-11-17-12-18-13-19(17)25(23(30)31,21(18)22(28)29)26-24(32)33-14-15-6-2-1-3-7-15/h1-11,17-19,21,27H,12-14H2,(H,26,32)(H,28,29)(H,30,31)/b11-10+/t17-,18-,19-,21-,25-/m1/s1. The molecule has 4 rings (SSSR count). The van der Waals surface area contributed by atoms with Crippen LogP contribution in [0.2, 0.25) is 0 Å². The molecule has 2 aromatic rings. The van der Waals surface area contributed by atoms with Crippen molar-refractivity contribution in [3.05, 3.63) is 71.8 Å². The smallest absolute Gasteiger partial charge is 0.408 e. The van der Waals surface area contributed by atoms with Crippen molar-refractivity contribution in [3.8, 4) is 5.75 Å². The Morgan fingerprint density at radius 3 is 2.39 bits per heavy atom. The second-order valence-corrected chi connectivity index (χ2v) is 8.60. The van der Waals surface area contributed by atoms with E-state index in [9.17, 15) is 29.7 Å². The number of aromatic hydroxyl groups is 1. The number of benzene rings is 2. The SMILES string of the molecule is O=C(N[C@]1(C(=O)O)[C@@H]2C[C@@H](C[C@H]2/C=C/c2ccccc2O)[C@@H]1C(=O)O)OCc1ccccc1. The van der Waals surface area contributed by atoms with Gasteiger partial charge < -0.3 is 25.4 Å². The molecule has 2 aromatic carbocycles. The average molecular weight is 451 g/mol. The minimum absolute atomic E-state index is 0.0647. The minimum atomic E-state index is -1.99. The number of carboxylic acid groups (broad SMARTS) is 2. The summed E-state index contributed by atoms with van der Waals surface area (Å²) in [5.41, 5.74) is -0.689. The number of para-hydroxylation sites is 1. The Hall–Kier alpha value is -3.81. The number of phenolic OH excluding ortho intramolecular Hbond substituents is 1. The van der Waals surface area contributed by atoms with Crippen LogP contribution >= 0.6 is 0 Å². The largest absolute Gasteiger partial charge is 0.507 e. The highest BCUT2D eigenvalue weighted by atomic mass is 16.5. The van der Waals surface area contributed by atoms with Gasteiger partial charge in [0, 0.05) is 11.5 Å². The molecule has 2 aliphatic carbocycles. The number of alkyl carbamates (subject to hydrolysis) is 1. The van der Waals surface area contributed by atoms with Gasteiger partial charge in [0.25, 0.3) is 0 Å². The summed E-state index contributed by atoms with van der Waals surface area (Å²) in [6.45, 7) is -0.0647. The Labute approximate surface area is 190 Å². The molecule has 33 heavy (non-hydrogen) atoms. The van der Waals surface area contributed by atoms with Crippen LogP contribution in [-0.4, -0.2) is 38.9 Å². The molecular weight excluding hydrogens is 426 g/mol. The number of rotatable bonds is 7. The van der Waals surface area contributed by atoms with Gasteiger partial charge in [-0.15, -0.1) is 0 Å². The van der Waals surface area contributed by atoms with E-state index in [4.69, 9.17) is 4.74 Å². The highest BCUT2D eigenvalue weighted by Gasteiger charge is 2.69. The number of fused-ring (bicyclic) bond motifs is 2. The first-order valence-electron chi connectivity index (χ1n) is 10.7. The van der Waals surface area contributed by atoms with Gasteiger partial charge in [-0.3, -0.25) is 4.79 Å². The van der Waals surface area contributed by atoms with Crippen molar-refractivity contribution in [2.75, 3.05) is 0 Å². The van der Waals surface area contributed by atoms with Gasteiger partial charge in [0.2, 0.25) is 0 Å². The minimum Gasteiger partial charge on any atom is -0.507 e. The number of carbonyl (C=O) groups excluding carboxylic acids is 1. The Bertz CT molecular complexity index is 1080. The van der Waals surface area contributed by atoms with Crippen LogP contribution in [0.3, 0.4) is 0 Å². The summed E-state index contributed by atoms with van der Waals surface area (Å²) in [6.07, 6.45) is 3.38. The van der Waals surface area contributed by atoms with Crippen LogP contribution in [0.1, 0.15) is 24.0 Å². The van der Waals surface area contributed by atoms with Gasteiger partial charge in [0.1, 0.15) is 12.4 Å². The summed E-state index contributed by atoms with van der Waals surface area (Å²) in [4.78, 5) is 37.2. The average Bonchev–Trinajstić information content (AvgIpc) is 3.34. The number of phenols is 1. The first kappa shape index (κ1) is 22.4. The number of amides is 1. The monoisotopic (exact) mass is 451 g/mol. The number of hydrogen-bond donors (Lipinski definition) is 4. The summed E-state index contributed by atoms with van der Waals surface area (Å²) in [7, 11) is 0. The van der Waals surface area contributed by atoms with E-state index in [1.807, 2.05) is 6.07 Å². The van der Waals surface area contributed by atoms with Crippen molar-refractivity contribution in [2.24, 2.45) is 23.7 Å². The summed E-state index contributed by atoms with van der Waals surface area (Å²) in [6, 6.07) is 15.7. The molecule has 0 saturated heterocycles. The van der Waals surface area contributed by atoms with Crippen molar-refractivity contribution < 1.29 is 34.4 Å². The molecule has 0 heterocycles. The van der Waals surface area contributed by atoms with Gasteiger partial charge in [0.15, 0.2) is 5.54 Å². The van der Waals surface area contributed by atoms with Crippen molar-refractivity contribution in [1.29, 1.82) is 0 Å². The number of hydrogen-bond acceptors (Lipinski definition) is 5. The predicted octanol–water partition coefficient (Wildman–Crippen LogP) is 3.51. The maximum absolute atomic E-state index is 12.6. The van der Waals surface area contributed by atoms with E-state index in [0.29, 0.717) is 18.4 Å². The molecule has 8 heteroatoms. The summed E-state index contributed by atoms with van der Waals surface area (Å²) in [5, 5.41) is 32.5. The van der Waals surface area contributed by atoms with Crippen LogP contribution in [0.4, 0.5) is 4.79 Å². The zero-order chi connectivity index (χ0) is 23.6. The van der Waals surface area contributed by atoms with Crippen LogP contribution in [0.5, 0.6) is 5.75 Å². The first-order chi connectivity index (χ1) is 15.8. The summed E-state index contributed by atoms with van der Waals surface area (Å²) < 4.78 is 5.22. The molecule has 0 unspecified atom stereocenters. The normalized spacial score (nSPS) is 28.0. The maximum atomic E-state index is 12.6. The zero-order valence-electron chi connectivity index (χ0n) is 17.8. The Balaban J connectivity index is 1.58. The fraction of sp³-hybridized carbons (Fsp3) is 0.320. The lowest BCUT2D eigenvalue weighted by atomic mass is 9.68. The Morgan fingerprint density at radius 1 is 1.03 bits per heavy atom. The van der Waals surface area contributed by atoms with Gasteiger partial charge in [-0.05, 0) is 36.3 Å². The van der Waals surface area contributed by atoms with Crippen LogP contribution in [-0.2, 0) is 20.9 Å². The quantitative estimate of drug-likeness (QED) is 0.506. The Kier molecular flexibility index (Phi) is 6.09. The van der Waals surface area contributed by atoms with Gasteiger partial charge in [0.05, 0.1) is 5.92 Å². The number of carboxylic acids is 2. The third-order valence-electron chi connectivity index (χ3n) is 6.80. The summed E-state index contributed by atoms with van der Waals surface area (Å²) >= 11 is 0. The molecule has 1 amide bonds. The molecule has 0 spiro atoms. The number of ether oxygens (including phenoxy) is 1. The molecule has 2 saturated carbocycles. The lowest BCUT2D eigenvalue weighted by Gasteiger charge is -2.41. The van der Waals surface area contributed by atoms with E-state index < -0.39 is 41.3 Å². The van der Waals surface area contributed by atoms with Crippen LogP contribution in [0.15, 0.2) is 60.7 Å². The molecule has 5 atom stereocenters. The lowest BCUT2D eigenvalue weighted by molar-refractivity contribution is -0.161. The van der Waals surface area contributed by atoms with E-state index in [1.165, 1.54) is 0 Å². The van der Waals surface area contributed by atoms with Gasteiger partial charge >= 0.3 is 18.0 Å². The van der Waals surface area contributed by atoms with Gasteiger partial charge in [-0.2, -0.15) is 0 Å². The highest BCUT2D eigenvalue weighted by molar-refractivity contribution is 5.92. The third kappa shape index (κ3) is 4.16. The summed E-state index contributed by atoms with van der Waals surface area (Å²) in [5.74, 6) is -5.14. The molecule has 0 aliphatic heterocycles. The molecule has 2 bridgehead atoms. The number of aliphatic carboxylic acids is 2. The van der Waals surface area contributed by atoms with Crippen LogP contribution in [0.25, 0.3) is 6.08 Å². The fourth-order valence-corrected chi connectivity index (χ4v) is 5.42. The van der Waals surface area contributed by atoms with Gasteiger partial charge in [-0.1, -0.05) is 60.7 Å². The van der Waals surface area contributed by atoms with Crippen molar-refractivity contribution >= 4 is 24.1 Å². The van der Waals surface area contributed by atoms with E-state index >= 15 is 0 Å². The van der Waals surface area contributed by atoms with E-state index in [2.05, 4.69) is 5.32 Å². The number of allylic oxidation sites excluding steroid dienone is 1. The molecule has 8 nitrogen and oxygen atoms in total. The van der Waals surface area contributed by atoms with E-state index in [0.717, 1.165) is 5.56 Å². The maximum Gasteiger partial charge on any atom is 0.408 e. The second-order valence-electron chi connectivity index (χ2n) is 8.60. The van der Waals surface area contributed by atoms with Crippen molar-refractivity contribution in [1.82, 2.24) is 5.32 Å². The van der Waals surface area contributed by atoms with Crippen LogP contribution < -0.4 is 5.32 Å². The fourth-order valence-electron chi connectivity index (χ4n) is 5.42. The lowest BCUT2D eigenvalue weighted by Crippen LogP contribution is -2.65. The topological polar surface area (TPSA) is 133 Å². The van der Waals surface area contributed by atoms with Crippen LogP contribution in [0, 0.1) is 23.7 Å². The molecule has 2 fully saturated rings. The predicted molar refractivity (Wildman–Crippen MR) is 118 cm³/mol. The van der Waals surface area contributed by atoms with Crippen molar-refractivity contribution in [2.45, 2.75) is 25.0 Å². The molecule has 2 aliphatic rings. The highest BCUT2D eigenvalue weighted by Crippen LogP contribution is 2.58. The van der Waals surface area contributed by atoms with E-state index in [1.54, 1.807) is 60.7 Å². The van der Waals surface area contributed by atoms with E-state index in [-0.39, 0.29) is 18.3 Å². The number of carbonyl (C=O) groups is 3. The zero-order valence-corrected chi connectivity index (χ0v) is 17.8. The molecule has 4 N–H and O–H groups in total. The molecule has 0 radical (unpaired) electrons. The van der Waals surface area contributed by atoms with Crippen molar-refractivity contribution in [3.63, 3.8) is 0 Å². The second kappa shape index (κ2) is 8.97. The third-order valence-corrected chi connectivity index (χ3v) is 6.80. The molecule has 172 valence electrons. The molecule has 0 aromatic heterocycles. The van der Waals surface area contributed by atoms with Gasteiger partial charge in [-0.25, -0.2) is 9.59 Å². The number of nitrogens with one attached hydrogen (secondary N) is 1. The Morgan fingerprint density at radius 2 is 1.73 bits per heavy atom.